The first-order chi connectivity index (χ1) is 9.72. The van der Waals surface area contributed by atoms with E-state index in [-0.39, 0.29) is 5.82 Å². The molecule has 0 atom stereocenters. The van der Waals surface area contributed by atoms with Crippen molar-refractivity contribution in [3.63, 3.8) is 0 Å². The van der Waals surface area contributed by atoms with Gasteiger partial charge in [-0.25, -0.2) is 4.39 Å². The van der Waals surface area contributed by atoms with Gasteiger partial charge in [0.25, 0.3) is 0 Å². The first kappa shape index (κ1) is 13.1. The molecule has 1 aliphatic rings. The fraction of sp³-hybridized carbons (Fsp3) is 0.400. The monoisotopic (exact) mass is 275 g/mol. The molecule has 20 heavy (non-hydrogen) atoms. The van der Waals surface area contributed by atoms with E-state index < -0.39 is 0 Å². The van der Waals surface area contributed by atoms with Gasteiger partial charge in [-0.3, -0.25) is 4.90 Å². The number of halogens is 1. The van der Waals surface area contributed by atoms with E-state index in [1.54, 1.807) is 6.20 Å². The molecule has 4 nitrogen and oxygen atoms in total. The molecule has 5 heteroatoms. The highest BCUT2D eigenvalue weighted by atomic mass is 19.1. The SMILES string of the molecule is Cc1oncc1CN1CCN(c2ccc(F)cc2)CC1. The van der Waals surface area contributed by atoms with Gasteiger partial charge in [0.15, 0.2) is 0 Å². The summed E-state index contributed by atoms with van der Waals surface area (Å²) in [6, 6.07) is 6.72. The Bertz CT molecular complexity index is 559. The highest BCUT2D eigenvalue weighted by molar-refractivity contribution is 5.46. The Labute approximate surface area is 117 Å². The van der Waals surface area contributed by atoms with E-state index in [0.717, 1.165) is 49.7 Å². The minimum atomic E-state index is -0.185. The Balaban J connectivity index is 1.57. The number of aromatic nitrogens is 1. The molecule has 1 aromatic carbocycles. The van der Waals surface area contributed by atoms with Gasteiger partial charge >= 0.3 is 0 Å². The lowest BCUT2D eigenvalue weighted by Crippen LogP contribution is -2.46. The Morgan fingerprint density at radius 3 is 2.45 bits per heavy atom. The quantitative estimate of drug-likeness (QED) is 0.861. The summed E-state index contributed by atoms with van der Waals surface area (Å²) in [5.74, 6) is 0.710. The normalized spacial score (nSPS) is 16.6. The van der Waals surface area contributed by atoms with Gasteiger partial charge in [-0.05, 0) is 31.2 Å². The van der Waals surface area contributed by atoms with Crippen LogP contribution in [0.15, 0.2) is 35.0 Å². The van der Waals surface area contributed by atoms with Gasteiger partial charge in [-0.2, -0.15) is 0 Å². The summed E-state index contributed by atoms with van der Waals surface area (Å²) in [5, 5.41) is 3.81. The van der Waals surface area contributed by atoms with Crippen LogP contribution >= 0.6 is 0 Å². The van der Waals surface area contributed by atoms with E-state index in [1.807, 2.05) is 19.1 Å². The summed E-state index contributed by atoms with van der Waals surface area (Å²) in [6.45, 7) is 6.71. The smallest absolute Gasteiger partial charge is 0.138 e. The molecule has 106 valence electrons. The van der Waals surface area contributed by atoms with Crippen LogP contribution in [-0.2, 0) is 6.54 Å². The predicted octanol–water partition coefficient (Wildman–Crippen LogP) is 2.44. The standard InChI is InChI=1S/C15H18FN3O/c1-12-13(10-17-20-12)11-18-6-8-19(9-7-18)15-4-2-14(16)3-5-15/h2-5,10H,6-9,11H2,1H3. The first-order valence-corrected chi connectivity index (χ1v) is 6.85. The van der Waals surface area contributed by atoms with Gasteiger partial charge < -0.3 is 9.42 Å². The van der Waals surface area contributed by atoms with E-state index in [4.69, 9.17) is 4.52 Å². The molecule has 0 unspecified atom stereocenters. The number of nitrogens with zero attached hydrogens (tertiary/aromatic N) is 3. The summed E-state index contributed by atoms with van der Waals surface area (Å²) in [4.78, 5) is 4.68. The van der Waals surface area contributed by atoms with Crippen molar-refractivity contribution < 1.29 is 8.91 Å². The average molecular weight is 275 g/mol. The molecule has 3 rings (SSSR count). The molecule has 1 fully saturated rings. The number of hydrogen-bond donors (Lipinski definition) is 0. The van der Waals surface area contributed by atoms with Crippen LogP contribution in [0.1, 0.15) is 11.3 Å². The van der Waals surface area contributed by atoms with Crippen molar-refractivity contribution in [2.75, 3.05) is 31.1 Å². The van der Waals surface area contributed by atoms with Crippen molar-refractivity contribution in [3.8, 4) is 0 Å². The molecule has 0 amide bonds. The molecule has 1 aliphatic heterocycles. The van der Waals surface area contributed by atoms with Crippen molar-refractivity contribution in [3.05, 3.63) is 47.6 Å². The van der Waals surface area contributed by atoms with Crippen molar-refractivity contribution in [2.24, 2.45) is 0 Å². The Morgan fingerprint density at radius 2 is 1.85 bits per heavy atom. The molecular formula is C15H18FN3O. The van der Waals surface area contributed by atoms with Crippen LogP contribution in [0.25, 0.3) is 0 Å². The zero-order valence-electron chi connectivity index (χ0n) is 11.6. The highest BCUT2D eigenvalue weighted by Crippen LogP contribution is 2.18. The van der Waals surface area contributed by atoms with Crippen molar-refractivity contribution in [1.29, 1.82) is 0 Å². The van der Waals surface area contributed by atoms with E-state index >= 15 is 0 Å². The molecule has 0 spiro atoms. The van der Waals surface area contributed by atoms with Crippen LogP contribution in [0.2, 0.25) is 0 Å². The largest absolute Gasteiger partial charge is 0.369 e. The topological polar surface area (TPSA) is 32.5 Å². The first-order valence-electron chi connectivity index (χ1n) is 6.85. The molecule has 0 bridgehead atoms. The van der Waals surface area contributed by atoms with Crippen molar-refractivity contribution in [2.45, 2.75) is 13.5 Å². The van der Waals surface area contributed by atoms with Crippen LogP contribution in [0, 0.1) is 12.7 Å². The fourth-order valence-electron chi connectivity index (χ4n) is 2.53. The number of rotatable bonds is 3. The summed E-state index contributed by atoms with van der Waals surface area (Å²) >= 11 is 0. The maximum absolute atomic E-state index is 12.9. The van der Waals surface area contributed by atoms with Crippen molar-refractivity contribution >= 4 is 5.69 Å². The highest BCUT2D eigenvalue weighted by Gasteiger charge is 2.18. The zero-order chi connectivity index (χ0) is 13.9. The van der Waals surface area contributed by atoms with E-state index in [2.05, 4.69) is 15.0 Å². The lowest BCUT2D eigenvalue weighted by molar-refractivity contribution is 0.248. The molecule has 1 saturated heterocycles. The summed E-state index contributed by atoms with van der Waals surface area (Å²) in [6.07, 6.45) is 1.79. The number of hydrogen-bond acceptors (Lipinski definition) is 4. The number of piperazine rings is 1. The minimum absolute atomic E-state index is 0.185. The van der Waals surface area contributed by atoms with Crippen LogP contribution in [0.5, 0.6) is 0 Å². The molecule has 0 N–H and O–H groups in total. The Hall–Kier alpha value is -1.88. The Morgan fingerprint density at radius 1 is 1.15 bits per heavy atom. The lowest BCUT2D eigenvalue weighted by atomic mass is 10.2. The van der Waals surface area contributed by atoms with Crippen LogP contribution in [0.4, 0.5) is 10.1 Å². The third kappa shape index (κ3) is 2.82. The van der Waals surface area contributed by atoms with Crippen LogP contribution < -0.4 is 4.90 Å². The van der Waals surface area contributed by atoms with E-state index in [9.17, 15) is 4.39 Å². The molecule has 0 aliphatic carbocycles. The number of anilines is 1. The Kier molecular flexibility index (Phi) is 3.69. The predicted molar refractivity (Wildman–Crippen MR) is 75.1 cm³/mol. The molecule has 0 radical (unpaired) electrons. The maximum Gasteiger partial charge on any atom is 0.138 e. The second-order valence-corrected chi connectivity index (χ2v) is 5.15. The van der Waals surface area contributed by atoms with E-state index in [1.165, 1.54) is 12.1 Å². The zero-order valence-corrected chi connectivity index (χ0v) is 11.6. The fourth-order valence-corrected chi connectivity index (χ4v) is 2.53. The number of aryl methyl sites for hydroxylation is 1. The van der Waals surface area contributed by atoms with Gasteiger partial charge in [0, 0.05) is 44.0 Å². The molecule has 1 aromatic heterocycles. The maximum atomic E-state index is 12.9. The van der Waals surface area contributed by atoms with Gasteiger partial charge in [-0.1, -0.05) is 5.16 Å². The lowest BCUT2D eigenvalue weighted by Gasteiger charge is -2.36. The average Bonchev–Trinajstić information content (AvgIpc) is 2.86. The van der Waals surface area contributed by atoms with Gasteiger partial charge in [0.05, 0.1) is 6.20 Å². The van der Waals surface area contributed by atoms with Gasteiger partial charge in [0.2, 0.25) is 0 Å². The second-order valence-electron chi connectivity index (χ2n) is 5.15. The van der Waals surface area contributed by atoms with Crippen molar-refractivity contribution in [1.82, 2.24) is 10.1 Å². The second kappa shape index (κ2) is 5.63. The molecule has 2 aromatic rings. The summed E-state index contributed by atoms with van der Waals surface area (Å²) in [7, 11) is 0. The van der Waals surface area contributed by atoms with E-state index in [0.29, 0.717) is 0 Å². The molecule has 2 heterocycles. The van der Waals surface area contributed by atoms with Crippen LogP contribution in [0.3, 0.4) is 0 Å². The molecule has 0 saturated carbocycles. The van der Waals surface area contributed by atoms with Crippen LogP contribution in [-0.4, -0.2) is 36.2 Å². The third-order valence-corrected chi connectivity index (χ3v) is 3.81. The summed E-state index contributed by atoms with van der Waals surface area (Å²) in [5.41, 5.74) is 2.24. The third-order valence-electron chi connectivity index (χ3n) is 3.81. The molecular weight excluding hydrogens is 257 g/mol. The number of benzene rings is 1. The minimum Gasteiger partial charge on any atom is -0.369 e. The van der Waals surface area contributed by atoms with Gasteiger partial charge in [0.1, 0.15) is 11.6 Å². The summed E-state index contributed by atoms with van der Waals surface area (Å²) < 4.78 is 18.0. The van der Waals surface area contributed by atoms with Gasteiger partial charge in [-0.15, -0.1) is 0 Å².